The first-order chi connectivity index (χ1) is 9.08. The summed E-state index contributed by atoms with van der Waals surface area (Å²) in [5.41, 5.74) is 6.31. The number of carbonyl (C=O) groups is 1. The molecule has 0 aliphatic heterocycles. The van der Waals surface area contributed by atoms with Crippen LogP contribution in [0, 0.1) is 0 Å². The first kappa shape index (κ1) is 19.0. The fraction of sp³-hybridized carbons (Fsp3) is 0.909. The van der Waals surface area contributed by atoms with Crippen LogP contribution in [0.25, 0.3) is 0 Å². The molecule has 0 aromatic heterocycles. The number of hydrogen-bond donors (Lipinski definition) is 6. The van der Waals surface area contributed by atoms with Crippen LogP contribution in [0.4, 0.5) is 4.79 Å². The van der Waals surface area contributed by atoms with Gasteiger partial charge in [-0.2, -0.15) is 5.48 Å². The number of amides is 1. The Kier molecular flexibility index (Phi) is 7.94. The molecule has 7 N–H and O–H groups in total. The average molecular weight is 296 g/mol. The van der Waals surface area contributed by atoms with Gasteiger partial charge in [0.1, 0.15) is 30.5 Å². The number of ether oxygens (including phenoxy) is 1. The summed E-state index contributed by atoms with van der Waals surface area (Å²) in [7, 11) is 0. The minimum atomic E-state index is -1.67. The van der Waals surface area contributed by atoms with Gasteiger partial charge in [-0.3, -0.25) is 4.84 Å². The van der Waals surface area contributed by atoms with Gasteiger partial charge in [0.05, 0.1) is 6.10 Å². The molecule has 0 bridgehead atoms. The van der Waals surface area contributed by atoms with Crippen LogP contribution in [0.1, 0.15) is 20.8 Å². The third kappa shape index (κ3) is 7.58. The third-order valence-electron chi connectivity index (χ3n) is 2.19. The average Bonchev–Trinajstić information content (AvgIpc) is 2.33. The minimum Gasteiger partial charge on any atom is -0.442 e. The van der Waals surface area contributed by atoms with Crippen molar-refractivity contribution >= 4 is 6.09 Å². The Morgan fingerprint density at radius 2 is 1.65 bits per heavy atom. The number of aliphatic hydroxyl groups excluding tert-OH is 4. The maximum Gasteiger partial charge on any atom is 0.431 e. The molecule has 0 aliphatic carbocycles. The molecule has 0 aromatic carbocycles. The van der Waals surface area contributed by atoms with Gasteiger partial charge in [0.15, 0.2) is 0 Å². The third-order valence-corrected chi connectivity index (χ3v) is 2.19. The maximum absolute atomic E-state index is 11.2. The number of nitrogens with one attached hydrogen (secondary N) is 1. The van der Waals surface area contributed by atoms with E-state index < -0.39 is 42.7 Å². The lowest BCUT2D eigenvalue weighted by atomic mass is 10.0. The predicted molar refractivity (Wildman–Crippen MR) is 68.4 cm³/mol. The molecule has 9 nitrogen and oxygen atoms in total. The lowest BCUT2D eigenvalue weighted by molar-refractivity contribution is -0.128. The Labute approximate surface area is 117 Å². The molecule has 0 unspecified atom stereocenters. The summed E-state index contributed by atoms with van der Waals surface area (Å²) in [6.45, 7) is 4.21. The van der Waals surface area contributed by atoms with Crippen LogP contribution in [-0.4, -0.2) is 69.7 Å². The van der Waals surface area contributed by atoms with E-state index in [1.807, 2.05) is 5.48 Å². The van der Waals surface area contributed by atoms with E-state index in [9.17, 15) is 25.2 Å². The van der Waals surface area contributed by atoms with E-state index in [1.54, 1.807) is 20.8 Å². The summed E-state index contributed by atoms with van der Waals surface area (Å²) in [5.74, 6) is 0. The Bertz CT molecular complexity index is 295. The normalized spacial score (nSPS) is 18.0. The molecule has 1 amide bonds. The number of rotatable bonds is 7. The van der Waals surface area contributed by atoms with Gasteiger partial charge in [0.2, 0.25) is 0 Å². The van der Waals surface area contributed by atoms with Crippen LogP contribution in [0.5, 0.6) is 0 Å². The van der Waals surface area contributed by atoms with E-state index in [2.05, 4.69) is 4.84 Å². The highest BCUT2D eigenvalue weighted by molar-refractivity contribution is 5.66. The van der Waals surface area contributed by atoms with Crippen molar-refractivity contribution in [2.45, 2.75) is 50.8 Å². The predicted octanol–water partition coefficient (Wildman–Crippen LogP) is -2.15. The second-order valence-electron chi connectivity index (χ2n) is 5.27. The van der Waals surface area contributed by atoms with E-state index >= 15 is 0 Å². The Balaban J connectivity index is 4.04. The van der Waals surface area contributed by atoms with Crippen molar-refractivity contribution in [2.75, 3.05) is 13.2 Å². The second-order valence-corrected chi connectivity index (χ2v) is 5.27. The largest absolute Gasteiger partial charge is 0.442 e. The molecular formula is C11H24N2O7. The SMILES string of the molecule is CC(C)(C)OC(=O)NOC[C@@H](O)[C@@H](O)[C@H](O)[C@H](O)CN. The zero-order valence-corrected chi connectivity index (χ0v) is 11.8. The van der Waals surface area contributed by atoms with Gasteiger partial charge in [-0.25, -0.2) is 4.79 Å². The van der Waals surface area contributed by atoms with Gasteiger partial charge in [0.25, 0.3) is 0 Å². The van der Waals surface area contributed by atoms with Crippen molar-refractivity contribution in [3.8, 4) is 0 Å². The highest BCUT2D eigenvalue weighted by Crippen LogP contribution is 2.07. The Hall–Kier alpha value is -0.970. The standard InChI is InChI=1S/C11H24N2O7/c1-11(2,3)20-10(18)13-19-5-7(15)9(17)8(16)6(14)4-12/h6-9,14-17H,4-5,12H2,1-3H3,(H,13,18)/t6-,7-,8-,9-/m1/s1. The molecular weight excluding hydrogens is 272 g/mol. The highest BCUT2D eigenvalue weighted by atomic mass is 16.7. The second kappa shape index (κ2) is 8.35. The zero-order valence-electron chi connectivity index (χ0n) is 11.8. The van der Waals surface area contributed by atoms with Gasteiger partial charge < -0.3 is 30.9 Å². The molecule has 0 saturated heterocycles. The van der Waals surface area contributed by atoms with Gasteiger partial charge in [0, 0.05) is 6.54 Å². The van der Waals surface area contributed by atoms with Crippen LogP contribution < -0.4 is 11.2 Å². The van der Waals surface area contributed by atoms with Crippen molar-refractivity contribution in [1.29, 1.82) is 0 Å². The Morgan fingerprint density at radius 3 is 2.10 bits per heavy atom. The van der Waals surface area contributed by atoms with Crippen LogP contribution in [-0.2, 0) is 9.57 Å². The van der Waals surface area contributed by atoms with Gasteiger partial charge in [-0.05, 0) is 20.8 Å². The number of hydrogen-bond acceptors (Lipinski definition) is 8. The number of hydroxylamine groups is 1. The van der Waals surface area contributed by atoms with Crippen molar-refractivity contribution < 1.29 is 34.8 Å². The first-order valence-corrected chi connectivity index (χ1v) is 6.11. The van der Waals surface area contributed by atoms with E-state index in [1.165, 1.54) is 0 Å². The van der Waals surface area contributed by atoms with Crippen molar-refractivity contribution in [3.63, 3.8) is 0 Å². The summed E-state index contributed by atoms with van der Waals surface area (Å²) < 4.78 is 4.86. The molecule has 4 atom stereocenters. The smallest absolute Gasteiger partial charge is 0.431 e. The van der Waals surface area contributed by atoms with Crippen LogP contribution in [0.3, 0.4) is 0 Å². The molecule has 0 heterocycles. The molecule has 0 spiro atoms. The number of carbonyl (C=O) groups excluding carboxylic acids is 1. The maximum atomic E-state index is 11.2. The Morgan fingerprint density at radius 1 is 1.15 bits per heavy atom. The topological polar surface area (TPSA) is 155 Å². The molecule has 9 heteroatoms. The minimum absolute atomic E-state index is 0.276. The summed E-state index contributed by atoms with van der Waals surface area (Å²) in [4.78, 5) is 15.8. The summed E-state index contributed by atoms with van der Waals surface area (Å²) >= 11 is 0. The molecule has 0 saturated carbocycles. The summed E-state index contributed by atoms with van der Waals surface area (Å²) in [6.07, 6.45) is -7.06. The fourth-order valence-electron chi connectivity index (χ4n) is 1.18. The summed E-state index contributed by atoms with van der Waals surface area (Å²) in [5, 5.41) is 37.6. The van der Waals surface area contributed by atoms with Crippen LogP contribution in [0.15, 0.2) is 0 Å². The number of aliphatic hydroxyl groups is 4. The highest BCUT2D eigenvalue weighted by Gasteiger charge is 2.30. The van der Waals surface area contributed by atoms with Crippen LogP contribution in [0.2, 0.25) is 0 Å². The first-order valence-electron chi connectivity index (χ1n) is 6.11. The van der Waals surface area contributed by atoms with Gasteiger partial charge in [-0.15, -0.1) is 0 Å². The van der Waals surface area contributed by atoms with E-state index in [0.717, 1.165) is 0 Å². The molecule has 120 valence electrons. The fourth-order valence-corrected chi connectivity index (χ4v) is 1.18. The zero-order chi connectivity index (χ0) is 15.9. The number of nitrogens with two attached hydrogens (primary N) is 1. The molecule has 0 aliphatic rings. The van der Waals surface area contributed by atoms with E-state index in [4.69, 9.17) is 10.5 Å². The molecule has 0 fully saturated rings. The lowest BCUT2D eigenvalue weighted by Gasteiger charge is -2.25. The van der Waals surface area contributed by atoms with E-state index in [0.29, 0.717) is 0 Å². The van der Waals surface area contributed by atoms with Crippen molar-refractivity contribution in [3.05, 3.63) is 0 Å². The van der Waals surface area contributed by atoms with Gasteiger partial charge >= 0.3 is 6.09 Å². The molecule has 0 aromatic rings. The molecule has 0 rings (SSSR count). The van der Waals surface area contributed by atoms with E-state index in [-0.39, 0.29) is 6.54 Å². The van der Waals surface area contributed by atoms with Crippen molar-refractivity contribution in [1.82, 2.24) is 5.48 Å². The van der Waals surface area contributed by atoms with Crippen molar-refractivity contribution in [2.24, 2.45) is 5.73 Å². The summed E-state index contributed by atoms with van der Waals surface area (Å²) in [6, 6.07) is 0. The van der Waals surface area contributed by atoms with Gasteiger partial charge in [-0.1, -0.05) is 0 Å². The quantitative estimate of drug-likeness (QED) is 0.290. The molecule has 20 heavy (non-hydrogen) atoms. The lowest BCUT2D eigenvalue weighted by Crippen LogP contribution is -2.49. The monoisotopic (exact) mass is 296 g/mol. The van der Waals surface area contributed by atoms with Crippen LogP contribution >= 0.6 is 0 Å². The molecule has 0 radical (unpaired) electrons.